The Morgan fingerprint density at radius 1 is 0.781 bits per heavy atom. The van der Waals surface area contributed by atoms with E-state index < -0.39 is 11.9 Å². The van der Waals surface area contributed by atoms with Crippen molar-refractivity contribution in [3.05, 3.63) is 30.5 Å². The summed E-state index contributed by atoms with van der Waals surface area (Å²) in [7, 11) is 6.43. The van der Waals surface area contributed by atoms with E-state index in [2.05, 4.69) is 12.5 Å². The largest absolute Gasteiger partial charge is 0.365 e. The van der Waals surface area contributed by atoms with E-state index in [0.29, 0.717) is 0 Å². The quantitative estimate of drug-likeness (QED) is 0.333. The van der Waals surface area contributed by atoms with Gasteiger partial charge in [0.05, 0.1) is 21.5 Å². The summed E-state index contributed by atoms with van der Waals surface area (Å²) in [5, 5.41) is 2.59. The van der Waals surface area contributed by atoms with Crippen molar-refractivity contribution in [2.45, 2.75) is 0 Å². The Bertz CT molecular complexity index is 1130. The third-order valence-electron chi connectivity index (χ3n) is 3.32. The predicted octanol–water partition coefficient (Wildman–Crippen LogP) is 4.73. The number of thioether (sulfide) groups is 6. The maximum Gasteiger partial charge on any atom is 0.365 e. The zero-order valence-electron chi connectivity index (χ0n) is 17.7. The SMILES string of the molecule is CSC1=C(SC)SC(=c2sc(=S)c(=C3SC(C(=O)ON(C)C)=C(C(=O)ON(C)C)S3)s2)S1. The van der Waals surface area contributed by atoms with Crippen molar-refractivity contribution in [2.75, 3.05) is 40.7 Å². The first-order valence-corrected chi connectivity index (χ1v) is 16.4. The number of hydroxylamine groups is 4. The third-order valence-corrected chi connectivity index (χ3v) is 14.9. The van der Waals surface area contributed by atoms with Crippen molar-refractivity contribution in [1.82, 2.24) is 10.1 Å². The second-order valence-corrected chi connectivity index (χ2v) is 15.8. The van der Waals surface area contributed by atoms with E-state index in [4.69, 9.17) is 21.9 Å². The molecule has 15 heteroatoms. The van der Waals surface area contributed by atoms with Crippen LogP contribution in [0, 0.1) is 3.82 Å². The van der Waals surface area contributed by atoms with Crippen molar-refractivity contribution < 1.29 is 19.3 Å². The van der Waals surface area contributed by atoms with Gasteiger partial charge in [-0.1, -0.05) is 59.3 Å². The number of hydrogen-bond acceptors (Lipinski definition) is 15. The van der Waals surface area contributed by atoms with Gasteiger partial charge >= 0.3 is 11.9 Å². The van der Waals surface area contributed by atoms with Gasteiger partial charge in [0.15, 0.2) is 0 Å². The standard InChI is InChI=1S/C17H18N2O4S9/c1-18(2)22-10(20)7-8(11(21)23-19(3)4)28-13(27-7)9-12(24)30-16(29-9)17-31-14(25-5)15(26-6)32-17/h1-6H3. The van der Waals surface area contributed by atoms with E-state index in [1.54, 1.807) is 97.9 Å². The Morgan fingerprint density at radius 3 is 1.66 bits per heavy atom. The molecular formula is C17H18N2O4S9. The highest BCUT2D eigenvalue weighted by Gasteiger charge is 2.35. The molecule has 2 aliphatic heterocycles. The van der Waals surface area contributed by atoms with E-state index in [1.807, 2.05) is 0 Å². The molecule has 0 unspecified atom stereocenters. The summed E-state index contributed by atoms with van der Waals surface area (Å²) in [4.78, 5) is 36.1. The second-order valence-electron chi connectivity index (χ2n) is 6.11. The lowest BCUT2D eigenvalue weighted by Gasteiger charge is -2.12. The molecule has 0 spiro atoms. The van der Waals surface area contributed by atoms with Crippen LogP contribution in [-0.2, 0) is 19.3 Å². The van der Waals surface area contributed by atoms with Gasteiger partial charge < -0.3 is 9.68 Å². The van der Waals surface area contributed by atoms with Crippen LogP contribution in [0.4, 0.5) is 0 Å². The van der Waals surface area contributed by atoms with Crippen molar-refractivity contribution in [3.8, 4) is 0 Å². The molecule has 32 heavy (non-hydrogen) atoms. The molecule has 6 nitrogen and oxygen atoms in total. The summed E-state index contributed by atoms with van der Waals surface area (Å²) in [6.45, 7) is 0. The molecule has 0 bridgehead atoms. The number of nitrogens with zero attached hydrogens (tertiary/aromatic N) is 2. The lowest BCUT2D eigenvalue weighted by molar-refractivity contribution is -0.175. The van der Waals surface area contributed by atoms with Crippen LogP contribution in [0.2, 0.25) is 0 Å². The van der Waals surface area contributed by atoms with E-state index in [9.17, 15) is 9.59 Å². The minimum Gasteiger partial charge on any atom is -0.364 e. The Kier molecular flexibility index (Phi) is 10.1. The zero-order chi connectivity index (χ0) is 23.6. The monoisotopic (exact) mass is 602 g/mol. The molecule has 0 amide bonds. The van der Waals surface area contributed by atoms with Crippen molar-refractivity contribution in [2.24, 2.45) is 0 Å². The van der Waals surface area contributed by atoms with Gasteiger partial charge in [0.25, 0.3) is 0 Å². The van der Waals surface area contributed by atoms with Crippen LogP contribution in [0.3, 0.4) is 0 Å². The fraction of sp³-hybridized carbons (Fsp3) is 0.353. The molecule has 0 saturated heterocycles. The average Bonchev–Trinajstić information content (AvgIpc) is 3.42. The highest BCUT2D eigenvalue weighted by atomic mass is 32.3. The molecule has 3 rings (SSSR count). The Hall–Kier alpha value is 0.450. The molecule has 0 fully saturated rings. The summed E-state index contributed by atoms with van der Waals surface area (Å²) in [5.41, 5.74) is 0. The van der Waals surface area contributed by atoms with Gasteiger partial charge in [-0.25, -0.2) is 9.59 Å². The van der Waals surface area contributed by atoms with Crippen LogP contribution >= 0.6 is 105 Å². The minimum atomic E-state index is -0.603. The van der Waals surface area contributed by atoms with E-state index in [1.165, 1.54) is 46.4 Å². The van der Waals surface area contributed by atoms with Crippen LogP contribution in [0.25, 0.3) is 8.47 Å². The summed E-state index contributed by atoms with van der Waals surface area (Å²) in [6.07, 6.45) is 4.17. The normalized spacial score (nSPS) is 16.8. The topological polar surface area (TPSA) is 59.1 Å². The van der Waals surface area contributed by atoms with E-state index in [0.717, 1.165) is 16.4 Å². The molecule has 1 aromatic rings. The van der Waals surface area contributed by atoms with Crippen LogP contribution < -0.4 is 8.38 Å². The molecule has 0 aliphatic carbocycles. The van der Waals surface area contributed by atoms with E-state index >= 15 is 0 Å². The maximum atomic E-state index is 12.6. The number of carbonyl (C=O) groups is 2. The Labute approximate surface area is 224 Å². The van der Waals surface area contributed by atoms with Gasteiger partial charge in [0, 0.05) is 28.2 Å². The number of carbonyl (C=O) groups excluding carboxylic acids is 2. The molecular weight excluding hydrogens is 585 g/mol. The van der Waals surface area contributed by atoms with Crippen LogP contribution in [-0.4, -0.2) is 62.8 Å². The van der Waals surface area contributed by atoms with Crippen LogP contribution in [0.1, 0.15) is 0 Å². The molecule has 2 aliphatic rings. The molecule has 174 valence electrons. The smallest absolute Gasteiger partial charge is 0.364 e. The summed E-state index contributed by atoms with van der Waals surface area (Å²) in [5.74, 6) is -1.21. The summed E-state index contributed by atoms with van der Waals surface area (Å²) < 4.78 is 7.35. The van der Waals surface area contributed by atoms with Crippen molar-refractivity contribution >= 4 is 126 Å². The van der Waals surface area contributed by atoms with Gasteiger partial charge in [-0.15, -0.1) is 56.3 Å². The van der Waals surface area contributed by atoms with Crippen molar-refractivity contribution in [3.63, 3.8) is 0 Å². The second kappa shape index (κ2) is 11.9. The molecule has 0 aromatic carbocycles. The van der Waals surface area contributed by atoms with Gasteiger partial charge in [0.1, 0.15) is 17.5 Å². The lowest BCUT2D eigenvalue weighted by Crippen LogP contribution is -2.22. The molecule has 0 N–H and O–H groups in total. The first kappa shape index (κ1) is 27.0. The van der Waals surface area contributed by atoms with Crippen LogP contribution in [0.5, 0.6) is 0 Å². The molecule has 3 heterocycles. The average molecular weight is 603 g/mol. The Morgan fingerprint density at radius 2 is 1.25 bits per heavy atom. The zero-order valence-corrected chi connectivity index (χ0v) is 25.1. The summed E-state index contributed by atoms with van der Waals surface area (Å²) >= 11 is 18.3. The molecule has 0 radical (unpaired) electrons. The number of rotatable bonds is 6. The highest BCUT2D eigenvalue weighted by Crippen LogP contribution is 2.57. The third kappa shape index (κ3) is 6.36. The van der Waals surface area contributed by atoms with Gasteiger partial charge in [-0.3, -0.25) is 0 Å². The molecule has 0 atom stereocenters. The lowest BCUT2D eigenvalue weighted by atomic mass is 10.5. The molecule has 0 saturated carbocycles. The molecule has 1 aromatic heterocycles. The van der Waals surface area contributed by atoms with Crippen LogP contribution in [0.15, 0.2) is 18.3 Å². The first-order chi connectivity index (χ1) is 15.1. The fourth-order valence-corrected chi connectivity index (χ4v) is 13.3. The summed E-state index contributed by atoms with van der Waals surface area (Å²) in [6, 6.07) is 0. The highest BCUT2D eigenvalue weighted by molar-refractivity contribution is 8.45. The number of hydrogen-bond donors (Lipinski definition) is 0. The maximum absolute atomic E-state index is 12.6. The first-order valence-electron chi connectivity index (χ1n) is 8.60. The minimum absolute atomic E-state index is 0.202. The van der Waals surface area contributed by atoms with Gasteiger partial charge in [-0.2, -0.15) is 0 Å². The van der Waals surface area contributed by atoms with Gasteiger partial charge in [-0.05, 0) is 12.5 Å². The Balaban J connectivity index is 2.02. The van der Waals surface area contributed by atoms with Gasteiger partial charge in [0.2, 0.25) is 0 Å². The van der Waals surface area contributed by atoms with Crippen molar-refractivity contribution in [1.29, 1.82) is 0 Å². The fourth-order valence-electron chi connectivity index (χ4n) is 2.17. The van der Waals surface area contributed by atoms with E-state index in [-0.39, 0.29) is 9.81 Å². The predicted molar refractivity (Wildman–Crippen MR) is 150 cm³/mol.